The standard InChI is InChI=1S/C9H12N2O/c1-6-4-5-8(7(2)10)11-9(6)12-3/h4-5,10H,1-3H3. The zero-order valence-electron chi connectivity index (χ0n) is 7.51. The van der Waals surface area contributed by atoms with Crippen LogP contribution in [0.2, 0.25) is 0 Å². The molecular formula is C9H12N2O. The van der Waals surface area contributed by atoms with Crippen molar-refractivity contribution in [2.24, 2.45) is 0 Å². The van der Waals surface area contributed by atoms with Gasteiger partial charge in [-0.05, 0) is 19.9 Å². The molecular weight excluding hydrogens is 152 g/mol. The first-order valence-electron chi connectivity index (χ1n) is 3.72. The predicted molar refractivity (Wildman–Crippen MR) is 48.0 cm³/mol. The van der Waals surface area contributed by atoms with Crippen LogP contribution in [0.3, 0.4) is 0 Å². The summed E-state index contributed by atoms with van der Waals surface area (Å²) in [6, 6.07) is 3.72. The lowest BCUT2D eigenvalue weighted by Crippen LogP contribution is -1.99. The molecule has 64 valence electrons. The zero-order chi connectivity index (χ0) is 9.14. The van der Waals surface area contributed by atoms with Gasteiger partial charge in [0.2, 0.25) is 5.88 Å². The van der Waals surface area contributed by atoms with Gasteiger partial charge in [-0.25, -0.2) is 4.98 Å². The summed E-state index contributed by atoms with van der Waals surface area (Å²) >= 11 is 0. The van der Waals surface area contributed by atoms with Gasteiger partial charge in [0.25, 0.3) is 0 Å². The highest BCUT2D eigenvalue weighted by Gasteiger charge is 2.02. The summed E-state index contributed by atoms with van der Waals surface area (Å²) in [6.45, 7) is 3.63. The number of nitrogens with zero attached hydrogens (tertiary/aromatic N) is 1. The normalized spacial score (nSPS) is 9.58. The molecule has 0 amide bonds. The maximum atomic E-state index is 7.36. The SMILES string of the molecule is COc1nc(C(C)=N)ccc1C. The molecule has 3 heteroatoms. The lowest BCUT2D eigenvalue weighted by molar-refractivity contribution is 0.394. The Morgan fingerprint density at radius 3 is 2.67 bits per heavy atom. The summed E-state index contributed by atoms with van der Waals surface area (Å²) in [5.41, 5.74) is 2.10. The van der Waals surface area contributed by atoms with Gasteiger partial charge in [0.05, 0.1) is 18.5 Å². The molecule has 0 aliphatic heterocycles. The van der Waals surface area contributed by atoms with Crippen molar-refractivity contribution in [3.05, 3.63) is 23.4 Å². The summed E-state index contributed by atoms with van der Waals surface area (Å²) in [7, 11) is 1.58. The third-order valence-electron chi connectivity index (χ3n) is 1.63. The lowest BCUT2D eigenvalue weighted by Gasteiger charge is -2.04. The Morgan fingerprint density at radius 1 is 1.50 bits per heavy atom. The first-order valence-corrected chi connectivity index (χ1v) is 3.72. The number of ether oxygens (including phenoxy) is 1. The molecule has 0 saturated carbocycles. The third-order valence-corrected chi connectivity index (χ3v) is 1.63. The Labute approximate surface area is 71.9 Å². The topological polar surface area (TPSA) is 46.0 Å². The number of nitrogens with one attached hydrogen (secondary N) is 1. The lowest BCUT2D eigenvalue weighted by atomic mass is 10.2. The number of hydrogen-bond donors (Lipinski definition) is 1. The third kappa shape index (κ3) is 1.61. The van der Waals surface area contributed by atoms with Crippen LogP contribution in [0.4, 0.5) is 0 Å². The number of hydrogen-bond acceptors (Lipinski definition) is 3. The van der Waals surface area contributed by atoms with Gasteiger partial charge in [0.15, 0.2) is 0 Å². The van der Waals surface area contributed by atoms with Gasteiger partial charge in [0.1, 0.15) is 0 Å². The van der Waals surface area contributed by atoms with Crippen LogP contribution in [0.1, 0.15) is 18.2 Å². The fourth-order valence-electron chi connectivity index (χ4n) is 0.926. The van der Waals surface area contributed by atoms with Crippen molar-refractivity contribution in [2.45, 2.75) is 13.8 Å². The van der Waals surface area contributed by atoms with Gasteiger partial charge < -0.3 is 10.1 Å². The molecule has 0 aliphatic carbocycles. The van der Waals surface area contributed by atoms with Gasteiger partial charge >= 0.3 is 0 Å². The van der Waals surface area contributed by atoms with Crippen molar-refractivity contribution in [3.63, 3.8) is 0 Å². The predicted octanol–water partition coefficient (Wildman–Crippen LogP) is 1.79. The first kappa shape index (κ1) is 8.71. The van der Waals surface area contributed by atoms with E-state index < -0.39 is 0 Å². The maximum absolute atomic E-state index is 7.36. The molecule has 1 aromatic rings. The summed E-state index contributed by atoms with van der Waals surface area (Å²) in [5.74, 6) is 0.596. The van der Waals surface area contributed by atoms with Crippen LogP contribution >= 0.6 is 0 Å². The Bertz CT molecular complexity index is 307. The first-order chi connectivity index (χ1) is 5.65. The highest BCUT2D eigenvalue weighted by atomic mass is 16.5. The quantitative estimate of drug-likeness (QED) is 0.677. The highest BCUT2D eigenvalue weighted by Crippen LogP contribution is 2.13. The van der Waals surface area contributed by atoms with E-state index in [0.717, 1.165) is 5.56 Å². The van der Waals surface area contributed by atoms with E-state index in [1.807, 2.05) is 19.1 Å². The number of rotatable bonds is 2. The molecule has 0 saturated heterocycles. The van der Waals surface area contributed by atoms with Crippen LogP contribution in [-0.4, -0.2) is 17.8 Å². The summed E-state index contributed by atoms with van der Waals surface area (Å²) in [6.07, 6.45) is 0. The second-order valence-corrected chi connectivity index (χ2v) is 2.65. The van der Waals surface area contributed by atoms with Gasteiger partial charge in [-0.1, -0.05) is 6.07 Å². The molecule has 0 spiro atoms. The van der Waals surface area contributed by atoms with Crippen molar-refractivity contribution in [1.29, 1.82) is 5.41 Å². The van der Waals surface area contributed by atoms with E-state index in [1.165, 1.54) is 0 Å². The van der Waals surface area contributed by atoms with Crippen molar-refractivity contribution in [3.8, 4) is 5.88 Å². The van der Waals surface area contributed by atoms with Crippen molar-refractivity contribution >= 4 is 5.71 Å². The van der Waals surface area contributed by atoms with Crippen molar-refractivity contribution in [1.82, 2.24) is 4.98 Å². The van der Waals surface area contributed by atoms with Crippen molar-refractivity contribution < 1.29 is 4.74 Å². The minimum Gasteiger partial charge on any atom is -0.481 e. The Morgan fingerprint density at radius 2 is 2.17 bits per heavy atom. The molecule has 0 bridgehead atoms. The minimum atomic E-state index is 0.452. The van der Waals surface area contributed by atoms with Crippen LogP contribution < -0.4 is 4.74 Å². The van der Waals surface area contributed by atoms with E-state index >= 15 is 0 Å². The summed E-state index contributed by atoms with van der Waals surface area (Å²) in [5, 5.41) is 7.36. The van der Waals surface area contributed by atoms with E-state index in [2.05, 4.69) is 4.98 Å². The van der Waals surface area contributed by atoms with Crippen LogP contribution in [-0.2, 0) is 0 Å². The zero-order valence-corrected chi connectivity index (χ0v) is 7.51. The second-order valence-electron chi connectivity index (χ2n) is 2.65. The highest BCUT2D eigenvalue weighted by molar-refractivity contribution is 5.94. The molecule has 0 atom stereocenters. The van der Waals surface area contributed by atoms with Crippen LogP contribution in [0.15, 0.2) is 12.1 Å². The number of pyridine rings is 1. The molecule has 0 unspecified atom stereocenters. The van der Waals surface area contributed by atoms with E-state index in [1.54, 1.807) is 14.0 Å². The van der Waals surface area contributed by atoms with Crippen molar-refractivity contribution in [2.75, 3.05) is 7.11 Å². The monoisotopic (exact) mass is 164 g/mol. The van der Waals surface area contributed by atoms with Gasteiger partial charge in [0, 0.05) is 5.56 Å². The largest absolute Gasteiger partial charge is 0.481 e. The molecule has 0 radical (unpaired) electrons. The molecule has 12 heavy (non-hydrogen) atoms. The number of methoxy groups -OCH3 is 1. The average molecular weight is 164 g/mol. The number of aromatic nitrogens is 1. The smallest absolute Gasteiger partial charge is 0.216 e. The van der Waals surface area contributed by atoms with Crippen LogP contribution in [0, 0.1) is 12.3 Å². The number of aryl methyl sites for hydroxylation is 1. The molecule has 0 aromatic carbocycles. The minimum absolute atomic E-state index is 0.452. The summed E-state index contributed by atoms with van der Waals surface area (Å²) in [4.78, 5) is 4.14. The van der Waals surface area contributed by atoms with E-state index in [4.69, 9.17) is 10.1 Å². The maximum Gasteiger partial charge on any atom is 0.216 e. The Hall–Kier alpha value is -1.38. The fraction of sp³-hybridized carbons (Fsp3) is 0.333. The molecule has 0 fully saturated rings. The van der Waals surface area contributed by atoms with E-state index in [9.17, 15) is 0 Å². The van der Waals surface area contributed by atoms with E-state index in [-0.39, 0.29) is 0 Å². The summed E-state index contributed by atoms with van der Waals surface area (Å²) < 4.78 is 5.03. The van der Waals surface area contributed by atoms with Gasteiger partial charge in [-0.2, -0.15) is 0 Å². The molecule has 1 N–H and O–H groups in total. The fourth-order valence-corrected chi connectivity index (χ4v) is 0.926. The van der Waals surface area contributed by atoms with Crippen LogP contribution in [0.25, 0.3) is 0 Å². The van der Waals surface area contributed by atoms with Gasteiger partial charge in [-0.15, -0.1) is 0 Å². The molecule has 1 rings (SSSR count). The van der Waals surface area contributed by atoms with E-state index in [0.29, 0.717) is 17.3 Å². The average Bonchev–Trinajstić information content (AvgIpc) is 2.05. The van der Waals surface area contributed by atoms with Gasteiger partial charge in [-0.3, -0.25) is 0 Å². The Balaban J connectivity index is 3.13. The molecule has 1 heterocycles. The second kappa shape index (κ2) is 3.34. The molecule has 0 aliphatic rings. The molecule has 1 aromatic heterocycles. The molecule has 3 nitrogen and oxygen atoms in total. The van der Waals surface area contributed by atoms with Crippen LogP contribution in [0.5, 0.6) is 5.88 Å². The Kier molecular flexibility index (Phi) is 2.43.